The number of ether oxygens (including phenoxy) is 6. The molecule has 0 aliphatic carbocycles. The molecule has 0 aromatic heterocycles. The van der Waals surface area contributed by atoms with Gasteiger partial charge in [0.25, 0.3) is 10.1 Å². The Morgan fingerprint density at radius 1 is 0.774 bits per heavy atom. The van der Waals surface area contributed by atoms with E-state index in [4.69, 9.17) is 32.6 Å². The summed E-state index contributed by atoms with van der Waals surface area (Å²) in [5.74, 6) is 0. The molecule has 0 spiro atoms. The molecule has 1 fully saturated rings. The van der Waals surface area contributed by atoms with E-state index in [1.165, 1.54) is 12.1 Å². The Labute approximate surface area is 185 Å². The Bertz CT molecular complexity index is 659. The first-order chi connectivity index (χ1) is 15.1. The van der Waals surface area contributed by atoms with Crippen LogP contribution in [0.25, 0.3) is 0 Å². The number of rotatable bonds is 4. The highest BCUT2D eigenvalue weighted by molar-refractivity contribution is 7.86. The van der Waals surface area contributed by atoms with Crippen molar-refractivity contribution >= 4 is 10.1 Å². The summed E-state index contributed by atoms with van der Waals surface area (Å²) in [5, 5.41) is 0. The highest BCUT2D eigenvalue weighted by Gasteiger charge is 2.19. The lowest BCUT2D eigenvalue weighted by atomic mass is 10.2. The van der Waals surface area contributed by atoms with Gasteiger partial charge in [-0.05, 0) is 25.5 Å². The predicted octanol–water partition coefficient (Wildman–Crippen LogP) is 1.57. The fourth-order valence-electron chi connectivity index (χ4n) is 2.60. The molecular weight excluding hydrogens is 428 g/mol. The fourth-order valence-corrected chi connectivity index (χ4v) is 3.53. The molecule has 1 saturated heterocycles. The molecule has 1 aromatic carbocycles. The summed E-state index contributed by atoms with van der Waals surface area (Å²) < 4.78 is 63.2. The molecule has 0 N–H and O–H groups in total. The van der Waals surface area contributed by atoms with E-state index < -0.39 is 16.2 Å². The van der Waals surface area contributed by atoms with E-state index in [-0.39, 0.29) is 24.7 Å². The Morgan fingerprint density at radius 3 is 1.90 bits per heavy atom. The second-order valence-electron chi connectivity index (χ2n) is 6.92. The van der Waals surface area contributed by atoms with Gasteiger partial charge in [0.05, 0.1) is 71.0 Å². The second kappa shape index (κ2) is 15.7. The Hall–Kier alpha value is -1.11. The molecule has 10 heteroatoms. The summed E-state index contributed by atoms with van der Waals surface area (Å²) in [5.41, 5.74) is 0.967. The van der Waals surface area contributed by atoms with Gasteiger partial charge in [-0.2, -0.15) is 8.42 Å². The maximum absolute atomic E-state index is 12.4. The van der Waals surface area contributed by atoms with Crippen LogP contribution in [0.2, 0.25) is 0 Å². The van der Waals surface area contributed by atoms with Crippen molar-refractivity contribution in [3.63, 3.8) is 0 Å². The lowest BCUT2D eigenvalue weighted by molar-refractivity contribution is -0.0647. The molecule has 1 atom stereocenters. The standard InChI is InChI=1S/C21H34O9S/c1-19-3-5-21(6-4-19)31(22,23)30-18-20-17-28-14-13-26-11-9-24-7-2-8-25-10-12-27-15-16-29-20/h3-6,20H,2,7-18H2,1H3. The van der Waals surface area contributed by atoms with Crippen molar-refractivity contribution in [1.82, 2.24) is 0 Å². The van der Waals surface area contributed by atoms with Gasteiger partial charge in [0.2, 0.25) is 0 Å². The summed E-state index contributed by atoms with van der Waals surface area (Å²) in [6, 6.07) is 6.48. The molecule has 0 saturated carbocycles. The van der Waals surface area contributed by atoms with Gasteiger partial charge >= 0.3 is 0 Å². The molecule has 1 unspecified atom stereocenters. The zero-order valence-electron chi connectivity index (χ0n) is 18.2. The van der Waals surface area contributed by atoms with Crippen molar-refractivity contribution in [3.05, 3.63) is 29.8 Å². The summed E-state index contributed by atoms with van der Waals surface area (Å²) in [6.07, 6.45) is 0.254. The van der Waals surface area contributed by atoms with Crippen LogP contribution >= 0.6 is 0 Å². The first kappa shape index (κ1) is 26.1. The highest BCUT2D eigenvalue weighted by atomic mass is 32.2. The van der Waals surface area contributed by atoms with E-state index in [2.05, 4.69) is 0 Å². The van der Waals surface area contributed by atoms with Crippen molar-refractivity contribution in [1.29, 1.82) is 0 Å². The minimum atomic E-state index is -3.88. The fraction of sp³-hybridized carbons (Fsp3) is 0.714. The maximum Gasteiger partial charge on any atom is 0.297 e. The highest BCUT2D eigenvalue weighted by Crippen LogP contribution is 2.14. The third-order valence-corrected chi connectivity index (χ3v) is 5.59. The average molecular weight is 463 g/mol. The molecule has 2 rings (SSSR count). The Kier molecular flexibility index (Phi) is 13.2. The second-order valence-corrected chi connectivity index (χ2v) is 8.54. The zero-order chi connectivity index (χ0) is 22.2. The van der Waals surface area contributed by atoms with Gasteiger partial charge in [-0.25, -0.2) is 0 Å². The average Bonchev–Trinajstić information content (AvgIpc) is 2.76. The van der Waals surface area contributed by atoms with Crippen LogP contribution in [0.5, 0.6) is 0 Å². The van der Waals surface area contributed by atoms with E-state index in [1.807, 2.05) is 6.92 Å². The quantitative estimate of drug-likeness (QED) is 0.618. The van der Waals surface area contributed by atoms with Crippen molar-refractivity contribution in [3.8, 4) is 0 Å². The van der Waals surface area contributed by atoms with Gasteiger partial charge in [-0.1, -0.05) is 17.7 Å². The van der Waals surface area contributed by atoms with Crippen LogP contribution in [0, 0.1) is 6.92 Å². The van der Waals surface area contributed by atoms with Crippen LogP contribution in [-0.2, 0) is 42.7 Å². The predicted molar refractivity (Wildman–Crippen MR) is 113 cm³/mol. The van der Waals surface area contributed by atoms with Gasteiger partial charge in [-0.15, -0.1) is 0 Å². The summed E-state index contributed by atoms with van der Waals surface area (Å²) in [4.78, 5) is 0.106. The molecular formula is C21H34O9S. The van der Waals surface area contributed by atoms with Crippen LogP contribution in [0.4, 0.5) is 0 Å². The summed E-state index contributed by atoms with van der Waals surface area (Å²) >= 11 is 0. The van der Waals surface area contributed by atoms with E-state index in [0.29, 0.717) is 59.5 Å². The lowest BCUT2D eigenvalue weighted by Gasteiger charge is -2.18. The van der Waals surface area contributed by atoms with E-state index in [1.54, 1.807) is 12.1 Å². The van der Waals surface area contributed by atoms with E-state index in [9.17, 15) is 8.42 Å². The van der Waals surface area contributed by atoms with Crippen molar-refractivity contribution in [2.75, 3.05) is 79.3 Å². The lowest BCUT2D eigenvalue weighted by Crippen LogP contribution is -2.29. The van der Waals surface area contributed by atoms with Crippen LogP contribution in [0.1, 0.15) is 12.0 Å². The first-order valence-corrected chi connectivity index (χ1v) is 12.0. The SMILES string of the molecule is Cc1ccc(S(=O)(=O)OCC2COCCOCCOCCCOCCOCCO2)cc1. The number of hydrogen-bond acceptors (Lipinski definition) is 9. The summed E-state index contributed by atoms with van der Waals surface area (Å²) in [7, 11) is -3.88. The summed E-state index contributed by atoms with van der Waals surface area (Å²) in [6.45, 7) is 6.49. The molecule has 0 bridgehead atoms. The maximum atomic E-state index is 12.4. The minimum Gasteiger partial charge on any atom is -0.379 e. The van der Waals surface area contributed by atoms with Gasteiger partial charge in [-0.3, -0.25) is 4.18 Å². The van der Waals surface area contributed by atoms with E-state index >= 15 is 0 Å². The Morgan fingerprint density at radius 2 is 1.29 bits per heavy atom. The van der Waals surface area contributed by atoms with Gasteiger partial charge in [0.1, 0.15) is 6.10 Å². The molecule has 0 amide bonds. The molecule has 178 valence electrons. The topological polar surface area (TPSA) is 98.8 Å². The molecule has 1 aliphatic heterocycles. The first-order valence-electron chi connectivity index (χ1n) is 10.5. The molecule has 1 aliphatic rings. The van der Waals surface area contributed by atoms with Crippen molar-refractivity contribution in [2.24, 2.45) is 0 Å². The van der Waals surface area contributed by atoms with Gasteiger partial charge in [0, 0.05) is 13.2 Å². The third kappa shape index (κ3) is 11.9. The largest absolute Gasteiger partial charge is 0.379 e. The zero-order valence-corrected chi connectivity index (χ0v) is 19.0. The normalized spacial score (nSPS) is 22.2. The van der Waals surface area contributed by atoms with Gasteiger partial charge in [0.15, 0.2) is 0 Å². The molecule has 0 radical (unpaired) electrons. The molecule has 9 nitrogen and oxygen atoms in total. The van der Waals surface area contributed by atoms with Crippen molar-refractivity contribution in [2.45, 2.75) is 24.3 Å². The number of aryl methyl sites for hydroxylation is 1. The van der Waals surface area contributed by atoms with Crippen LogP contribution in [0.15, 0.2) is 29.2 Å². The third-order valence-electron chi connectivity index (χ3n) is 4.30. The van der Waals surface area contributed by atoms with Crippen molar-refractivity contribution < 1.29 is 41.0 Å². The number of hydrogen-bond donors (Lipinski definition) is 0. The smallest absolute Gasteiger partial charge is 0.297 e. The van der Waals surface area contributed by atoms with Gasteiger partial charge < -0.3 is 28.4 Å². The van der Waals surface area contributed by atoms with Crippen LogP contribution in [-0.4, -0.2) is 93.8 Å². The van der Waals surface area contributed by atoms with E-state index in [0.717, 1.165) is 12.0 Å². The monoisotopic (exact) mass is 462 g/mol. The molecule has 1 aromatic rings. The number of benzene rings is 1. The minimum absolute atomic E-state index is 0.106. The molecule has 31 heavy (non-hydrogen) atoms. The Balaban J connectivity index is 1.81. The molecule has 1 heterocycles. The van der Waals surface area contributed by atoms with Crippen LogP contribution in [0.3, 0.4) is 0 Å². The van der Waals surface area contributed by atoms with Crippen LogP contribution < -0.4 is 0 Å².